The van der Waals surface area contributed by atoms with Crippen LogP contribution in [-0.2, 0) is 9.84 Å². The van der Waals surface area contributed by atoms with Gasteiger partial charge in [0.25, 0.3) is 0 Å². The predicted octanol–water partition coefficient (Wildman–Crippen LogP) is 0.190. The van der Waals surface area contributed by atoms with Crippen molar-refractivity contribution >= 4 is 9.84 Å². The Labute approximate surface area is 67.3 Å². The number of sulfone groups is 1. The molecule has 0 amide bonds. The Balaban J connectivity index is 2.59. The molecule has 0 aliphatic heterocycles. The molecule has 66 valence electrons. The molecule has 0 heterocycles. The van der Waals surface area contributed by atoms with Crippen molar-refractivity contribution < 1.29 is 13.5 Å². The molecule has 0 bridgehead atoms. The van der Waals surface area contributed by atoms with Gasteiger partial charge < -0.3 is 5.11 Å². The lowest BCUT2D eigenvalue weighted by molar-refractivity contribution is 0.150. The summed E-state index contributed by atoms with van der Waals surface area (Å²) in [6.07, 6.45) is 2.47. The van der Waals surface area contributed by atoms with Gasteiger partial charge >= 0.3 is 0 Å². The van der Waals surface area contributed by atoms with Crippen molar-refractivity contribution in [3.8, 4) is 0 Å². The Hall–Kier alpha value is -0.0900. The predicted molar refractivity (Wildman–Crippen MR) is 43.0 cm³/mol. The molecule has 1 aliphatic rings. The monoisotopic (exact) mass is 178 g/mol. The lowest BCUT2D eigenvalue weighted by Gasteiger charge is -2.15. The van der Waals surface area contributed by atoms with Crippen molar-refractivity contribution in [1.82, 2.24) is 0 Å². The van der Waals surface area contributed by atoms with Gasteiger partial charge in [-0.05, 0) is 25.7 Å². The number of aliphatic hydroxyl groups excluding tert-OH is 1. The third-order valence-corrected chi connectivity index (χ3v) is 3.89. The molecule has 0 aromatic rings. The van der Waals surface area contributed by atoms with Gasteiger partial charge in [0.15, 0.2) is 9.84 Å². The van der Waals surface area contributed by atoms with Crippen LogP contribution in [0.5, 0.6) is 0 Å². The highest BCUT2D eigenvalue weighted by Gasteiger charge is 2.37. The maximum atomic E-state index is 10.9. The Morgan fingerprint density at radius 2 is 1.91 bits per heavy atom. The van der Waals surface area contributed by atoms with Gasteiger partial charge in [-0.25, -0.2) is 8.42 Å². The number of hydrogen-bond donors (Lipinski definition) is 1. The van der Waals surface area contributed by atoms with E-state index in [1.807, 2.05) is 0 Å². The zero-order valence-corrected chi connectivity index (χ0v) is 7.63. The van der Waals surface area contributed by atoms with E-state index in [0.717, 1.165) is 12.8 Å². The van der Waals surface area contributed by atoms with E-state index in [1.54, 1.807) is 6.92 Å². The summed E-state index contributed by atoms with van der Waals surface area (Å²) in [6.45, 7) is 1.57. The van der Waals surface area contributed by atoms with Crippen molar-refractivity contribution in [2.24, 2.45) is 5.92 Å². The van der Waals surface area contributed by atoms with Gasteiger partial charge in [0, 0.05) is 6.26 Å². The highest BCUT2D eigenvalue weighted by atomic mass is 32.2. The number of hydrogen-bond acceptors (Lipinski definition) is 3. The summed E-state index contributed by atoms with van der Waals surface area (Å²) in [4.78, 5) is 0. The van der Waals surface area contributed by atoms with E-state index in [0.29, 0.717) is 0 Å². The average Bonchev–Trinajstić information content (AvgIpc) is 2.63. The van der Waals surface area contributed by atoms with Gasteiger partial charge in [-0.1, -0.05) is 0 Å². The second-order valence-electron chi connectivity index (χ2n) is 3.36. The second kappa shape index (κ2) is 2.75. The van der Waals surface area contributed by atoms with E-state index in [1.165, 1.54) is 6.26 Å². The molecule has 1 saturated carbocycles. The lowest BCUT2D eigenvalue weighted by atomic mass is 10.2. The van der Waals surface area contributed by atoms with E-state index < -0.39 is 21.2 Å². The molecule has 11 heavy (non-hydrogen) atoms. The summed E-state index contributed by atoms with van der Waals surface area (Å²) in [7, 11) is -3.06. The van der Waals surface area contributed by atoms with Crippen LogP contribution < -0.4 is 0 Å². The van der Waals surface area contributed by atoms with E-state index in [-0.39, 0.29) is 5.92 Å². The molecule has 0 saturated heterocycles. The summed E-state index contributed by atoms with van der Waals surface area (Å²) in [5.41, 5.74) is 0. The minimum atomic E-state index is -3.06. The van der Waals surface area contributed by atoms with Crippen LogP contribution in [0.4, 0.5) is 0 Å². The third kappa shape index (κ3) is 2.17. The summed E-state index contributed by atoms with van der Waals surface area (Å²) >= 11 is 0. The lowest BCUT2D eigenvalue weighted by Crippen LogP contribution is -2.32. The van der Waals surface area contributed by atoms with Gasteiger partial charge in [-0.2, -0.15) is 0 Å². The minimum Gasteiger partial charge on any atom is -0.392 e. The van der Waals surface area contributed by atoms with Gasteiger partial charge in [-0.15, -0.1) is 0 Å². The van der Waals surface area contributed by atoms with Crippen LogP contribution in [0.15, 0.2) is 0 Å². The maximum absolute atomic E-state index is 10.9. The van der Waals surface area contributed by atoms with Gasteiger partial charge in [-0.3, -0.25) is 0 Å². The van der Waals surface area contributed by atoms with Crippen molar-refractivity contribution in [2.75, 3.05) is 6.26 Å². The minimum absolute atomic E-state index is 0.236. The molecule has 1 N–H and O–H groups in total. The highest BCUT2D eigenvalue weighted by molar-refractivity contribution is 7.91. The summed E-state index contributed by atoms with van der Waals surface area (Å²) in [5, 5.41) is 8.81. The van der Waals surface area contributed by atoms with Crippen molar-refractivity contribution in [3.63, 3.8) is 0 Å². The van der Waals surface area contributed by atoms with Crippen LogP contribution in [0.3, 0.4) is 0 Å². The molecular weight excluding hydrogens is 164 g/mol. The van der Waals surface area contributed by atoms with Crippen LogP contribution in [0, 0.1) is 5.92 Å². The molecule has 0 radical (unpaired) electrons. The van der Waals surface area contributed by atoms with Crippen molar-refractivity contribution in [3.05, 3.63) is 0 Å². The van der Waals surface area contributed by atoms with Crippen LogP contribution in [-0.4, -0.2) is 31.1 Å². The van der Waals surface area contributed by atoms with Gasteiger partial charge in [0.2, 0.25) is 0 Å². The topological polar surface area (TPSA) is 54.4 Å². The standard InChI is InChI=1S/C7H14O3S/c1-5(11(2,9)10)7(8)6-3-4-6/h5-8H,3-4H2,1-2H3/t5-,7+/m0/s1. The number of rotatable bonds is 3. The first kappa shape index (κ1) is 9.00. The van der Waals surface area contributed by atoms with Crippen molar-refractivity contribution in [1.29, 1.82) is 0 Å². The summed E-state index contributed by atoms with van der Waals surface area (Å²) in [5.74, 6) is 0.236. The molecule has 1 fully saturated rings. The van der Waals surface area contributed by atoms with Crippen LogP contribution >= 0.6 is 0 Å². The molecule has 0 unspecified atom stereocenters. The maximum Gasteiger partial charge on any atom is 0.152 e. The molecule has 0 aromatic carbocycles. The Bertz CT molecular complexity index is 228. The fraction of sp³-hybridized carbons (Fsp3) is 1.00. The fourth-order valence-corrected chi connectivity index (χ4v) is 1.80. The van der Waals surface area contributed by atoms with E-state index >= 15 is 0 Å². The molecule has 1 aliphatic carbocycles. The number of aliphatic hydroxyl groups is 1. The molecule has 2 atom stereocenters. The Morgan fingerprint density at radius 3 is 2.18 bits per heavy atom. The van der Waals surface area contributed by atoms with Crippen LogP contribution in [0.1, 0.15) is 19.8 Å². The summed E-state index contributed by atoms with van der Waals surface area (Å²) in [6, 6.07) is 0. The van der Waals surface area contributed by atoms with Crippen LogP contribution in [0.25, 0.3) is 0 Å². The normalized spacial score (nSPS) is 24.6. The average molecular weight is 178 g/mol. The fourth-order valence-electron chi connectivity index (χ4n) is 1.07. The van der Waals surface area contributed by atoms with E-state index in [9.17, 15) is 13.5 Å². The first-order valence-corrected chi connectivity index (χ1v) is 5.75. The SMILES string of the molecule is C[C@@H]([C@@H](O)C1CC1)S(C)(=O)=O. The van der Waals surface area contributed by atoms with E-state index in [4.69, 9.17) is 0 Å². The first-order chi connectivity index (χ1) is 4.93. The van der Waals surface area contributed by atoms with Crippen molar-refractivity contribution in [2.45, 2.75) is 31.1 Å². The largest absolute Gasteiger partial charge is 0.392 e. The highest BCUT2D eigenvalue weighted by Crippen LogP contribution is 2.35. The zero-order chi connectivity index (χ0) is 8.65. The third-order valence-electron chi connectivity index (χ3n) is 2.26. The molecule has 3 nitrogen and oxygen atoms in total. The van der Waals surface area contributed by atoms with Gasteiger partial charge in [0.05, 0.1) is 11.4 Å². The van der Waals surface area contributed by atoms with Crippen LogP contribution in [0.2, 0.25) is 0 Å². The Kier molecular flexibility index (Phi) is 2.25. The van der Waals surface area contributed by atoms with Gasteiger partial charge in [0.1, 0.15) is 0 Å². The molecule has 0 aromatic heterocycles. The second-order valence-corrected chi connectivity index (χ2v) is 5.77. The van der Waals surface area contributed by atoms with E-state index in [2.05, 4.69) is 0 Å². The summed E-state index contributed by atoms with van der Waals surface area (Å²) < 4.78 is 21.9. The quantitative estimate of drug-likeness (QED) is 0.671. The zero-order valence-electron chi connectivity index (χ0n) is 6.82. The molecule has 0 spiro atoms. The Morgan fingerprint density at radius 1 is 1.45 bits per heavy atom. The molecule has 1 rings (SSSR count). The smallest absolute Gasteiger partial charge is 0.152 e. The molecule has 4 heteroatoms. The molecular formula is C7H14O3S. The first-order valence-electron chi connectivity index (χ1n) is 3.80.